The Hall–Kier alpha value is -2.37. The summed E-state index contributed by atoms with van der Waals surface area (Å²) in [6.45, 7) is 0. The van der Waals surface area contributed by atoms with Crippen molar-refractivity contribution in [1.82, 2.24) is 10.6 Å². The van der Waals surface area contributed by atoms with E-state index >= 15 is 0 Å². The molecule has 0 unspecified atom stereocenters. The highest BCUT2D eigenvalue weighted by Crippen LogP contribution is 2.28. The molecule has 2 aliphatic carbocycles. The monoisotopic (exact) mass is 372 g/mol. The number of hydrogen-bond acceptors (Lipinski definition) is 3. The molecule has 1 atom stereocenters. The van der Waals surface area contributed by atoms with Crippen molar-refractivity contribution in [3.63, 3.8) is 0 Å². The second-order valence-electron chi connectivity index (χ2n) is 7.73. The molecule has 3 N–H and O–H groups in total. The van der Waals surface area contributed by atoms with E-state index in [0.717, 1.165) is 38.5 Å². The summed E-state index contributed by atoms with van der Waals surface area (Å²) in [5.41, 5.74) is 0.566. The summed E-state index contributed by atoms with van der Waals surface area (Å²) in [6, 6.07) is 7.84. The highest BCUT2D eigenvalue weighted by Gasteiger charge is 2.31. The molecule has 0 radical (unpaired) electrons. The predicted molar refractivity (Wildman–Crippen MR) is 101 cm³/mol. The number of amides is 2. The van der Waals surface area contributed by atoms with Crippen LogP contribution in [0.2, 0.25) is 0 Å². The van der Waals surface area contributed by atoms with E-state index in [9.17, 15) is 19.5 Å². The van der Waals surface area contributed by atoms with Crippen molar-refractivity contribution >= 4 is 17.8 Å². The van der Waals surface area contributed by atoms with Crippen LogP contribution in [-0.2, 0) is 14.4 Å². The van der Waals surface area contributed by atoms with Gasteiger partial charge in [0.1, 0.15) is 0 Å². The quantitative estimate of drug-likeness (QED) is 0.715. The van der Waals surface area contributed by atoms with Crippen LogP contribution in [-0.4, -0.2) is 28.9 Å². The van der Waals surface area contributed by atoms with Crippen molar-refractivity contribution < 1.29 is 19.5 Å². The molecule has 1 aromatic rings. The summed E-state index contributed by atoms with van der Waals surface area (Å²) in [5.74, 6) is -1.15. The minimum Gasteiger partial charge on any atom is -0.479 e. The summed E-state index contributed by atoms with van der Waals surface area (Å²) in [4.78, 5) is 36.4. The second kappa shape index (κ2) is 9.02. The molecule has 6 heteroatoms. The molecular weight excluding hydrogens is 344 g/mol. The van der Waals surface area contributed by atoms with Crippen molar-refractivity contribution in [3.05, 3.63) is 35.9 Å². The molecule has 2 amide bonds. The zero-order valence-electron chi connectivity index (χ0n) is 15.5. The lowest BCUT2D eigenvalue weighted by atomic mass is 9.85. The maximum atomic E-state index is 12.6. The standard InChI is InChI=1S/C21H28N2O4/c24-19(15-8-4-5-9-15)22-17-12-10-16(11-13-17)20(25)23-18(21(26)27)14-6-2-1-3-7-14/h1-3,6-7,15-18H,4-5,8-13H2,(H,22,24)(H,23,25)(H,26,27)/t16?,17?,18-/m1/s1. The van der Waals surface area contributed by atoms with Crippen LogP contribution in [0.15, 0.2) is 30.3 Å². The number of carbonyl (C=O) groups is 3. The van der Waals surface area contributed by atoms with Gasteiger partial charge >= 0.3 is 5.97 Å². The van der Waals surface area contributed by atoms with Crippen molar-refractivity contribution in [2.24, 2.45) is 11.8 Å². The van der Waals surface area contributed by atoms with Gasteiger partial charge in [0.15, 0.2) is 6.04 Å². The van der Waals surface area contributed by atoms with Crippen LogP contribution in [0.25, 0.3) is 0 Å². The first-order valence-corrected chi connectivity index (χ1v) is 9.93. The fraction of sp³-hybridized carbons (Fsp3) is 0.571. The van der Waals surface area contributed by atoms with Crippen molar-refractivity contribution in [3.8, 4) is 0 Å². The first-order valence-electron chi connectivity index (χ1n) is 9.93. The molecule has 146 valence electrons. The molecule has 2 saturated carbocycles. The van der Waals surface area contributed by atoms with Gasteiger partial charge in [-0.15, -0.1) is 0 Å². The average Bonchev–Trinajstić information content (AvgIpc) is 3.22. The third-order valence-electron chi connectivity index (χ3n) is 5.84. The Labute approximate surface area is 159 Å². The normalized spacial score (nSPS) is 24.1. The molecule has 3 rings (SSSR count). The average molecular weight is 372 g/mol. The molecule has 0 bridgehead atoms. The van der Waals surface area contributed by atoms with E-state index in [1.54, 1.807) is 24.3 Å². The van der Waals surface area contributed by atoms with Gasteiger partial charge in [0.05, 0.1) is 0 Å². The van der Waals surface area contributed by atoms with Crippen LogP contribution in [0, 0.1) is 11.8 Å². The number of hydrogen-bond donors (Lipinski definition) is 3. The Morgan fingerprint density at radius 2 is 1.44 bits per heavy atom. The molecule has 0 aromatic heterocycles. The van der Waals surface area contributed by atoms with Crippen LogP contribution in [0.1, 0.15) is 63.0 Å². The molecular formula is C21H28N2O4. The fourth-order valence-corrected chi connectivity index (χ4v) is 4.20. The number of rotatable bonds is 6. The van der Waals surface area contributed by atoms with E-state index in [1.807, 2.05) is 6.07 Å². The number of nitrogens with one attached hydrogen (secondary N) is 2. The van der Waals surface area contributed by atoms with Gasteiger partial charge in [-0.05, 0) is 44.1 Å². The maximum absolute atomic E-state index is 12.6. The first-order chi connectivity index (χ1) is 13.0. The van der Waals surface area contributed by atoms with E-state index in [2.05, 4.69) is 10.6 Å². The van der Waals surface area contributed by atoms with Crippen LogP contribution < -0.4 is 10.6 Å². The molecule has 0 spiro atoms. The van der Waals surface area contributed by atoms with Crippen molar-refractivity contribution in [2.45, 2.75) is 63.5 Å². The summed E-state index contributed by atoms with van der Waals surface area (Å²) in [5, 5.41) is 15.3. The van der Waals surface area contributed by atoms with E-state index < -0.39 is 12.0 Å². The fourth-order valence-electron chi connectivity index (χ4n) is 4.20. The second-order valence-corrected chi connectivity index (χ2v) is 7.73. The van der Waals surface area contributed by atoms with Crippen molar-refractivity contribution in [2.75, 3.05) is 0 Å². The number of aliphatic carboxylic acids is 1. The van der Waals surface area contributed by atoms with Crippen LogP contribution >= 0.6 is 0 Å². The van der Waals surface area contributed by atoms with Gasteiger partial charge in [-0.2, -0.15) is 0 Å². The molecule has 27 heavy (non-hydrogen) atoms. The number of carboxylic acid groups (broad SMARTS) is 1. The van der Waals surface area contributed by atoms with Crippen molar-refractivity contribution in [1.29, 1.82) is 0 Å². The zero-order chi connectivity index (χ0) is 19.2. The SMILES string of the molecule is O=C(NC1CCC(C(=O)N[C@@H](C(=O)O)c2ccccc2)CC1)C1CCCC1. The van der Waals surface area contributed by atoms with Gasteiger partial charge in [0.2, 0.25) is 11.8 Å². The number of carboxylic acids is 1. The van der Waals surface area contributed by atoms with Gasteiger partial charge in [0, 0.05) is 17.9 Å². The molecule has 2 aliphatic rings. The van der Waals surface area contributed by atoms with Gasteiger partial charge in [-0.25, -0.2) is 4.79 Å². The highest BCUT2D eigenvalue weighted by atomic mass is 16.4. The summed E-state index contributed by atoms with van der Waals surface area (Å²) in [7, 11) is 0. The largest absolute Gasteiger partial charge is 0.479 e. The molecule has 0 aliphatic heterocycles. The number of benzene rings is 1. The van der Waals surface area contributed by atoms with E-state index in [4.69, 9.17) is 0 Å². The van der Waals surface area contributed by atoms with E-state index in [-0.39, 0.29) is 29.7 Å². The van der Waals surface area contributed by atoms with Gasteiger partial charge in [-0.1, -0.05) is 43.2 Å². The molecule has 0 saturated heterocycles. The van der Waals surface area contributed by atoms with Gasteiger partial charge in [0.25, 0.3) is 0 Å². The highest BCUT2D eigenvalue weighted by molar-refractivity contribution is 5.86. The van der Waals surface area contributed by atoms with Crippen LogP contribution in [0.3, 0.4) is 0 Å². The van der Waals surface area contributed by atoms with E-state index in [0.29, 0.717) is 18.4 Å². The van der Waals surface area contributed by atoms with Gasteiger partial charge < -0.3 is 15.7 Å². The summed E-state index contributed by atoms with van der Waals surface area (Å²) < 4.78 is 0. The topological polar surface area (TPSA) is 95.5 Å². The Morgan fingerprint density at radius 3 is 2.04 bits per heavy atom. The first kappa shape index (κ1) is 19.4. The molecule has 2 fully saturated rings. The van der Waals surface area contributed by atoms with Crippen LogP contribution in [0.5, 0.6) is 0 Å². The summed E-state index contributed by atoms with van der Waals surface area (Å²) >= 11 is 0. The minimum absolute atomic E-state index is 0.131. The minimum atomic E-state index is -1.06. The molecule has 1 aromatic carbocycles. The molecule has 6 nitrogen and oxygen atoms in total. The Kier molecular flexibility index (Phi) is 6.48. The Morgan fingerprint density at radius 1 is 0.852 bits per heavy atom. The Balaban J connectivity index is 1.49. The summed E-state index contributed by atoms with van der Waals surface area (Å²) in [6.07, 6.45) is 7.11. The smallest absolute Gasteiger partial charge is 0.330 e. The molecule has 0 heterocycles. The lowest BCUT2D eigenvalue weighted by Gasteiger charge is -2.30. The van der Waals surface area contributed by atoms with E-state index in [1.165, 1.54) is 0 Å². The zero-order valence-corrected chi connectivity index (χ0v) is 15.5. The number of carbonyl (C=O) groups excluding carboxylic acids is 2. The third-order valence-corrected chi connectivity index (χ3v) is 5.84. The predicted octanol–water partition coefficient (Wildman–Crippen LogP) is 2.79. The maximum Gasteiger partial charge on any atom is 0.330 e. The Bertz CT molecular complexity index is 662. The van der Waals surface area contributed by atoms with Crippen LogP contribution in [0.4, 0.5) is 0 Å². The third kappa shape index (κ3) is 5.08. The van der Waals surface area contributed by atoms with Gasteiger partial charge in [-0.3, -0.25) is 9.59 Å². The lowest BCUT2D eigenvalue weighted by Crippen LogP contribution is -2.43. The lowest BCUT2D eigenvalue weighted by molar-refractivity contribution is -0.143.